The predicted octanol–water partition coefficient (Wildman–Crippen LogP) is 4.55. The van der Waals surface area contributed by atoms with Gasteiger partial charge in [-0.2, -0.15) is 0 Å². The van der Waals surface area contributed by atoms with Gasteiger partial charge in [0.05, 0.1) is 0 Å². The lowest BCUT2D eigenvalue weighted by molar-refractivity contribution is 0.306. The summed E-state index contributed by atoms with van der Waals surface area (Å²) in [5.74, 6) is 0.937. The van der Waals surface area contributed by atoms with E-state index in [2.05, 4.69) is 42.6 Å². The number of rotatable bonds is 9. The third-order valence-electron chi connectivity index (χ3n) is 3.43. The lowest BCUT2D eigenvalue weighted by Crippen LogP contribution is -2.14. The highest BCUT2D eigenvalue weighted by atomic mass is 16.5. The Morgan fingerprint density at radius 3 is 2.52 bits per heavy atom. The molecular weight excluding hydrogens is 258 g/mol. The number of benzene rings is 2. The summed E-state index contributed by atoms with van der Waals surface area (Å²) in [4.78, 5) is 0. The number of ether oxygens (including phenoxy) is 1. The van der Waals surface area contributed by atoms with E-state index in [9.17, 15) is 0 Å². The average Bonchev–Trinajstić information content (AvgIpc) is 2.54. The molecule has 0 aromatic heterocycles. The van der Waals surface area contributed by atoms with Gasteiger partial charge >= 0.3 is 0 Å². The molecule has 0 aliphatic rings. The van der Waals surface area contributed by atoms with Crippen molar-refractivity contribution in [2.45, 2.75) is 39.3 Å². The average molecular weight is 283 g/mol. The summed E-state index contributed by atoms with van der Waals surface area (Å²) in [7, 11) is 0. The van der Waals surface area contributed by atoms with E-state index in [1.54, 1.807) is 0 Å². The van der Waals surface area contributed by atoms with Crippen molar-refractivity contribution in [1.82, 2.24) is 5.32 Å². The summed E-state index contributed by atoms with van der Waals surface area (Å²) in [6, 6.07) is 18.6. The molecule has 0 atom stereocenters. The van der Waals surface area contributed by atoms with Gasteiger partial charge in [-0.1, -0.05) is 62.2 Å². The van der Waals surface area contributed by atoms with Crippen LogP contribution in [0.5, 0.6) is 5.75 Å². The van der Waals surface area contributed by atoms with Crippen molar-refractivity contribution in [1.29, 1.82) is 0 Å². The van der Waals surface area contributed by atoms with Crippen molar-refractivity contribution in [2.24, 2.45) is 0 Å². The van der Waals surface area contributed by atoms with Gasteiger partial charge in [0, 0.05) is 6.54 Å². The van der Waals surface area contributed by atoms with E-state index >= 15 is 0 Å². The molecule has 2 aromatic rings. The van der Waals surface area contributed by atoms with Crippen LogP contribution in [0.3, 0.4) is 0 Å². The minimum Gasteiger partial charge on any atom is -0.489 e. The molecule has 21 heavy (non-hydrogen) atoms. The third kappa shape index (κ3) is 6.01. The van der Waals surface area contributed by atoms with Crippen molar-refractivity contribution >= 4 is 0 Å². The first-order chi connectivity index (χ1) is 10.4. The summed E-state index contributed by atoms with van der Waals surface area (Å²) >= 11 is 0. The van der Waals surface area contributed by atoms with E-state index in [1.165, 1.54) is 30.4 Å². The van der Waals surface area contributed by atoms with Gasteiger partial charge in [0.25, 0.3) is 0 Å². The fourth-order valence-corrected chi connectivity index (χ4v) is 2.22. The Bertz CT molecular complexity index is 510. The molecule has 1 N–H and O–H groups in total. The highest BCUT2D eigenvalue weighted by Crippen LogP contribution is 2.15. The smallest absolute Gasteiger partial charge is 0.120 e. The van der Waals surface area contributed by atoms with E-state index in [0.29, 0.717) is 6.61 Å². The van der Waals surface area contributed by atoms with Crippen LogP contribution in [-0.2, 0) is 13.2 Å². The number of hydrogen-bond acceptors (Lipinski definition) is 2. The molecule has 2 aromatic carbocycles. The largest absolute Gasteiger partial charge is 0.489 e. The van der Waals surface area contributed by atoms with Gasteiger partial charge in [-0.25, -0.2) is 0 Å². The van der Waals surface area contributed by atoms with Gasteiger partial charge in [0.2, 0.25) is 0 Å². The van der Waals surface area contributed by atoms with Gasteiger partial charge in [0.1, 0.15) is 12.4 Å². The molecule has 0 saturated carbocycles. The molecule has 112 valence electrons. The quantitative estimate of drug-likeness (QED) is 0.682. The topological polar surface area (TPSA) is 21.3 Å². The Morgan fingerprint density at radius 1 is 0.905 bits per heavy atom. The minimum atomic E-state index is 0.619. The Balaban J connectivity index is 1.77. The fraction of sp³-hybridized carbons (Fsp3) is 0.368. The minimum absolute atomic E-state index is 0.619. The number of nitrogens with one attached hydrogen (secondary N) is 1. The third-order valence-corrected chi connectivity index (χ3v) is 3.43. The van der Waals surface area contributed by atoms with E-state index in [4.69, 9.17) is 4.74 Å². The van der Waals surface area contributed by atoms with Crippen LogP contribution in [0, 0.1) is 0 Å². The maximum absolute atomic E-state index is 5.85. The van der Waals surface area contributed by atoms with Gasteiger partial charge in [-0.3, -0.25) is 0 Å². The first kappa shape index (κ1) is 15.6. The molecule has 0 bridgehead atoms. The second-order valence-electron chi connectivity index (χ2n) is 5.31. The van der Waals surface area contributed by atoms with Crippen LogP contribution in [0.4, 0.5) is 0 Å². The molecule has 0 fully saturated rings. The zero-order valence-corrected chi connectivity index (χ0v) is 12.8. The summed E-state index contributed by atoms with van der Waals surface area (Å²) in [5.41, 5.74) is 2.47. The van der Waals surface area contributed by atoms with Crippen molar-refractivity contribution in [3.05, 3.63) is 65.7 Å². The lowest BCUT2D eigenvalue weighted by Gasteiger charge is -2.09. The maximum atomic E-state index is 5.85. The molecule has 0 spiro atoms. The van der Waals surface area contributed by atoms with Gasteiger partial charge in [-0.15, -0.1) is 0 Å². The van der Waals surface area contributed by atoms with Gasteiger partial charge in [0.15, 0.2) is 0 Å². The van der Waals surface area contributed by atoms with Gasteiger partial charge in [-0.05, 0) is 36.2 Å². The molecule has 0 unspecified atom stereocenters. The molecule has 0 aliphatic carbocycles. The molecule has 0 saturated heterocycles. The van der Waals surface area contributed by atoms with Crippen LogP contribution in [0.1, 0.15) is 37.3 Å². The summed E-state index contributed by atoms with van der Waals surface area (Å²) < 4.78 is 5.85. The highest BCUT2D eigenvalue weighted by molar-refractivity contribution is 5.29. The molecule has 0 radical (unpaired) electrons. The van der Waals surface area contributed by atoms with Crippen LogP contribution >= 0.6 is 0 Å². The zero-order valence-electron chi connectivity index (χ0n) is 12.8. The fourth-order valence-electron chi connectivity index (χ4n) is 2.22. The van der Waals surface area contributed by atoms with Crippen LogP contribution < -0.4 is 10.1 Å². The molecule has 0 heterocycles. The maximum Gasteiger partial charge on any atom is 0.120 e. The van der Waals surface area contributed by atoms with Crippen LogP contribution in [0.25, 0.3) is 0 Å². The second kappa shape index (κ2) is 9.19. The molecular formula is C19H25NO. The monoisotopic (exact) mass is 283 g/mol. The van der Waals surface area contributed by atoms with E-state index in [-0.39, 0.29) is 0 Å². The standard InChI is InChI=1S/C19H25NO/c1-2-3-7-13-20-15-18-11-8-12-19(14-18)21-16-17-9-5-4-6-10-17/h4-6,8-12,14,20H,2-3,7,13,15-16H2,1H3. The van der Waals surface area contributed by atoms with E-state index < -0.39 is 0 Å². The predicted molar refractivity (Wildman–Crippen MR) is 88.4 cm³/mol. The summed E-state index contributed by atoms with van der Waals surface area (Å²) in [6.07, 6.45) is 3.82. The van der Waals surface area contributed by atoms with Crippen molar-refractivity contribution < 1.29 is 4.74 Å². The van der Waals surface area contributed by atoms with Crippen molar-refractivity contribution in [3.63, 3.8) is 0 Å². The zero-order chi connectivity index (χ0) is 14.8. The molecule has 2 nitrogen and oxygen atoms in total. The Hall–Kier alpha value is -1.80. The molecule has 0 aliphatic heterocycles. The first-order valence-electron chi connectivity index (χ1n) is 7.85. The summed E-state index contributed by atoms with van der Waals surface area (Å²) in [6.45, 7) is 4.84. The Kier molecular flexibility index (Phi) is 6.82. The van der Waals surface area contributed by atoms with E-state index in [1.807, 2.05) is 24.3 Å². The molecule has 2 heteroatoms. The highest BCUT2D eigenvalue weighted by Gasteiger charge is 1.98. The normalized spacial score (nSPS) is 10.5. The number of hydrogen-bond donors (Lipinski definition) is 1. The SMILES string of the molecule is CCCCCNCc1cccc(OCc2ccccc2)c1. The Labute approximate surface area is 128 Å². The Morgan fingerprint density at radius 2 is 1.71 bits per heavy atom. The van der Waals surface area contributed by atoms with Crippen LogP contribution in [0.2, 0.25) is 0 Å². The van der Waals surface area contributed by atoms with Gasteiger partial charge < -0.3 is 10.1 Å². The molecule has 2 rings (SSSR count). The van der Waals surface area contributed by atoms with E-state index in [0.717, 1.165) is 18.8 Å². The first-order valence-corrected chi connectivity index (χ1v) is 7.85. The lowest BCUT2D eigenvalue weighted by atomic mass is 10.2. The van der Waals surface area contributed by atoms with Crippen molar-refractivity contribution in [2.75, 3.05) is 6.54 Å². The number of unbranched alkanes of at least 4 members (excludes halogenated alkanes) is 2. The molecule has 0 amide bonds. The second-order valence-corrected chi connectivity index (χ2v) is 5.31. The van der Waals surface area contributed by atoms with Crippen molar-refractivity contribution in [3.8, 4) is 5.75 Å². The summed E-state index contributed by atoms with van der Waals surface area (Å²) in [5, 5.41) is 3.48. The van der Waals surface area contributed by atoms with Crippen LogP contribution in [-0.4, -0.2) is 6.54 Å². The van der Waals surface area contributed by atoms with Crippen LogP contribution in [0.15, 0.2) is 54.6 Å².